The van der Waals surface area contributed by atoms with Gasteiger partial charge in [-0.15, -0.1) is 0 Å². The Morgan fingerprint density at radius 1 is 1.16 bits per heavy atom. The lowest BCUT2D eigenvalue weighted by Crippen LogP contribution is -2.51. The average molecular weight is 449 g/mol. The second-order valence-electron chi connectivity index (χ2n) is 8.81. The van der Waals surface area contributed by atoms with Crippen LogP contribution in [0.2, 0.25) is 0 Å². The highest BCUT2D eigenvalue weighted by Gasteiger charge is 2.47. The Hall–Kier alpha value is -2.62. The molecule has 10 heteroatoms. The minimum atomic E-state index is -4.47. The van der Waals surface area contributed by atoms with E-state index in [9.17, 15) is 18.0 Å². The van der Waals surface area contributed by atoms with E-state index in [0.29, 0.717) is 37.2 Å². The Labute approximate surface area is 183 Å². The van der Waals surface area contributed by atoms with Gasteiger partial charge < -0.3 is 9.64 Å². The van der Waals surface area contributed by atoms with E-state index in [0.717, 1.165) is 29.9 Å². The van der Waals surface area contributed by atoms with E-state index in [1.54, 1.807) is 12.1 Å². The van der Waals surface area contributed by atoms with E-state index in [2.05, 4.69) is 9.97 Å². The van der Waals surface area contributed by atoms with Gasteiger partial charge in [0, 0.05) is 30.8 Å². The first-order valence-corrected chi connectivity index (χ1v) is 11.1. The second kappa shape index (κ2) is 8.06. The van der Waals surface area contributed by atoms with Gasteiger partial charge >= 0.3 is 6.18 Å². The molecular formula is C22H26F3N5O2. The number of hydrogen-bond acceptors (Lipinski definition) is 6. The second-order valence-corrected chi connectivity index (χ2v) is 8.81. The van der Waals surface area contributed by atoms with Crippen molar-refractivity contribution in [1.29, 1.82) is 0 Å². The number of morpholine rings is 1. The number of hydrogen-bond donors (Lipinski definition) is 0. The standard InChI is InChI=1S/C22H26F3N5O2/c1-14-13-32-10-9-28(14)19-11-20(31)29-8-7-18(22(23,24)25)30(21(29)27-19)16-5-6-17(26-12-16)15-3-2-4-15/h5-6,11-12,14-15,18H,2-4,7-10,13H2,1H3/t14?,18-/m0/s1. The van der Waals surface area contributed by atoms with Gasteiger partial charge in [-0.1, -0.05) is 6.42 Å². The first-order valence-electron chi connectivity index (χ1n) is 11.1. The van der Waals surface area contributed by atoms with Gasteiger partial charge in [0.25, 0.3) is 5.56 Å². The van der Waals surface area contributed by atoms with Crippen molar-refractivity contribution >= 4 is 17.5 Å². The number of aromatic nitrogens is 3. The molecule has 2 aromatic heterocycles. The summed E-state index contributed by atoms with van der Waals surface area (Å²) in [6, 6.07) is 3.08. The number of fused-ring (bicyclic) bond motifs is 1. The van der Waals surface area contributed by atoms with Gasteiger partial charge in [0.1, 0.15) is 11.9 Å². The van der Waals surface area contributed by atoms with Crippen LogP contribution in [0, 0.1) is 0 Å². The van der Waals surface area contributed by atoms with Crippen LogP contribution in [0.1, 0.15) is 44.2 Å². The Kier molecular flexibility index (Phi) is 5.35. The van der Waals surface area contributed by atoms with E-state index in [-0.39, 0.29) is 30.5 Å². The molecule has 1 unspecified atom stereocenters. The highest BCUT2D eigenvalue weighted by molar-refractivity contribution is 5.61. The van der Waals surface area contributed by atoms with Crippen LogP contribution in [-0.2, 0) is 11.3 Å². The third kappa shape index (κ3) is 3.74. The Bertz CT molecular complexity index is 1040. The third-order valence-electron chi connectivity index (χ3n) is 6.74. The molecule has 2 aliphatic heterocycles. The molecule has 0 aromatic carbocycles. The molecule has 0 bridgehead atoms. The molecule has 172 valence electrons. The van der Waals surface area contributed by atoms with Gasteiger partial charge in [-0.3, -0.25) is 19.2 Å². The van der Waals surface area contributed by atoms with Crippen LogP contribution in [0.3, 0.4) is 0 Å². The molecule has 2 aromatic rings. The van der Waals surface area contributed by atoms with E-state index in [4.69, 9.17) is 4.74 Å². The van der Waals surface area contributed by atoms with Crippen molar-refractivity contribution in [1.82, 2.24) is 14.5 Å². The molecule has 4 heterocycles. The zero-order chi connectivity index (χ0) is 22.5. The van der Waals surface area contributed by atoms with Crippen molar-refractivity contribution in [2.75, 3.05) is 29.6 Å². The number of pyridine rings is 1. The molecule has 0 spiro atoms. The minimum Gasteiger partial charge on any atom is -0.377 e. The molecule has 5 rings (SSSR count). The van der Waals surface area contributed by atoms with Crippen LogP contribution in [0.25, 0.3) is 0 Å². The molecule has 0 N–H and O–H groups in total. The smallest absolute Gasteiger partial charge is 0.377 e. The fourth-order valence-corrected chi connectivity index (χ4v) is 4.70. The summed E-state index contributed by atoms with van der Waals surface area (Å²) in [5, 5.41) is 0. The summed E-state index contributed by atoms with van der Waals surface area (Å²) < 4.78 is 49.0. The number of anilines is 3. The van der Waals surface area contributed by atoms with Gasteiger partial charge in [0.05, 0.1) is 31.1 Å². The predicted octanol–water partition coefficient (Wildman–Crippen LogP) is 3.60. The largest absolute Gasteiger partial charge is 0.409 e. The molecular weight excluding hydrogens is 423 g/mol. The van der Waals surface area contributed by atoms with Gasteiger partial charge in [0.2, 0.25) is 5.95 Å². The number of alkyl halides is 3. The lowest BCUT2D eigenvalue weighted by Gasteiger charge is -2.40. The summed E-state index contributed by atoms with van der Waals surface area (Å²) in [6.45, 7) is 3.39. The van der Waals surface area contributed by atoms with E-state index in [1.807, 2.05) is 11.8 Å². The zero-order valence-electron chi connectivity index (χ0n) is 17.9. The molecule has 3 aliphatic rings. The summed E-state index contributed by atoms with van der Waals surface area (Å²) in [4.78, 5) is 25.0. The first kappa shape index (κ1) is 21.2. The van der Waals surface area contributed by atoms with Crippen molar-refractivity contribution < 1.29 is 17.9 Å². The molecule has 2 atom stereocenters. The maximum atomic E-state index is 14.1. The minimum absolute atomic E-state index is 0.0120. The summed E-state index contributed by atoms with van der Waals surface area (Å²) in [7, 11) is 0. The van der Waals surface area contributed by atoms with Gasteiger partial charge in [-0.2, -0.15) is 18.2 Å². The van der Waals surface area contributed by atoms with E-state index in [1.165, 1.54) is 16.8 Å². The van der Waals surface area contributed by atoms with Gasteiger partial charge in [-0.25, -0.2) is 0 Å². The molecule has 1 aliphatic carbocycles. The van der Waals surface area contributed by atoms with Crippen molar-refractivity contribution in [2.24, 2.45) is 0 Å². The highest BCUT2D eigenvalue weighted by atomic mass is 19.4. The lowest BCUT2D eigenvalue weighted by atomic mass is 9.83. The molecule has 1 saturated heterocycles. The summed E-state index contributed by atoms with van der Waals surface area (Å²) in [5.41, 5.74) is 0.845. The fraction of sp³-hybridized carbons (Fsp3) is 0.591. The van der Waals surface area contributed by atoms with Crippen LogP contribution in [0.4, 0.5) is 30.6 Å². The molecule has 0 radical (unpaired) electrons. The van der Waals surface area contributed by atoms with Crippen molar-refractivity contribution in [2.45, 2.75) is 63.3 Å². The Morgan fingerprint density at radius 2 is 1.97 bits per heavy atom. The molecule has 32 heavy (non-hydrogen) atoms. The number of rotatable bonds is 3. The summed E-state index contributed by atoms with van der Waals surface area (Å²) in [6.07, 6.45) is 0.0510. The van der Waals surface area contributed by atoms with Crippen molar-refractivity contribution in [3.8, 4) is 0 Å². The SMILES string of the molecule is CC1COCCN1c1cc(=O)n2c(n1)N(c1ccc(C3CCC3)nc1)[C@H](C(F)(F)F)CC2. The maximum absolute atomic E-state index is 14.1. The third-order valence-corrected chi connectivity index (χ3v) is 6.74. The molecule has 2 fully saturated rings. The van der Waals surface area contributed by atoms with Crippen LogP contribution in [-0.4, -0.2) is 52.6 Å². The van der Waals surface area contributed by atoms with Crippen LogP contribution < -0.4 is 15.4 Å². The first-order chi connectivity index (χ1) is 15.3. The summed E-state index contributed by atoms with van der Waals surface area (Å²) in [5.74, 6) is 0.771. The average Bonchev–Trinajstić information content (AvgIpc) is 2.72. The predicted molar refractivity (Wildman–Crippen MR) is 114 cm³/mol. The zero-order valence-corrected chi connectivity index (χ0v) is 17.9. The lowest BCUT2D eigenvalue weighted by molar-refractivity contribution is -0.150. The molecule has 1 saturated carbocycles. The van der Waals surface area contributed by atoms with Gasteiger partial charge in [0.15, 0.2) is 0 Å². The van der Waals surface area contributed by atoms with Crippen molar-refractivity contribution in [3.05, 3.63) is 40.4 Å². The monoisotopic (exact) mass is 449 g/mol. The topological polar surface area (TPSA) is 63.5 Å². The van der Waals surface area contributed by atoms with Crippen molar-refractivity contribution in [3.63, 3.8) is 0 Å². The molecule has 7 nitrogen and oxygen atoms in total. The van der Waals surface area contributed by atoms with Crippen LogP contribution in [0.5, 0.6) is 0 Å². The Balaban J connectivity index is 1.59. The number of halogens is 3. The van der Waals surface area contributed by atoms with Gasteiger partial charge in [-0.05, 0) is 38.3 Å². The van der Waals surface area contributed by atoms with Crippen LogP contribution in [0.15, 0.2) is 29.2 Å². The van der Waals surface area contributed by atoms with Crippen LogP contribution >= 0.6 is 0 Å². The maximum Gasteiger partial charge on any atom is 0.409 e. The summed E-state index contributed by atoms with van der Waals surface area (Å²) >= 11 is 0. The molecule has 0 amide bonds. The Morgan fingerprint density at radius 3 is 2.59 bits per heavy atom. The normalized spacial score (nSPS) is 24.2. The number of ether oxygens (including phenoxy) is 1. The van der Waals surface area contributed by atoms with E-state index < -0.39 is 12.2 Å². The quantitative estimate of drug-likeness (QED) is 0.714. The van der Waals surface area contributed by atoms with E-state index >= 15 is 0 Å². The highest BCUT2D eigenvalue weighted by Crippen LogP contribution is 2.40. The fourth-order valence-electron chi connectivity index (χ4n) is 4.70. The number of nitrogens with zero attached hydrogens (tertiary/aromatic N) is 5.